The van der Waals surface area contributed by atoms with Crippen molar-refractivity contribution < 1.29 is 14.3 Å². The average molecular weight is 383 g/mol. The molecule has 0 atom stereocenters. The van der Waals surface area contributed by atoms with E-state index in [1.54, 1.807) is 14.2 Å². The van der Waals surface area contributed by atoms with Crippen LogP contribution in [0, 0.1) is 0 Å². The van der Waals surface area contributed by atoms with E-state index in [4.69, 9.17) is 4.74 Å². The lowest BCUT2D eigenvalue weighted by Crippen LogP contribution is -2.55. The minimum absolute atomic E-state index is 0.0843. The molecule has 2 fully saturated rings. The fraction of sp³-hybridized carbons (Fsp3) is 0.833. The highest BCUT2D eigenvalue weighted by Gasteiger charge is 2.24. The highest BCUT2D eigenvalue weighted by atomic mass is 16.5. The van der Waals surface area contributed by atoms with Crippen molar-refractivity contribution in [2.75, 3.05) is 79.7 Å². The summed E-state index contributed by atoms with van der Waals surface area (Å²) in [6, 6.07) is 0. The summed E-state index contributed by atoms with van der Waals surface area (Å²) in [6.07, 6.45) is 3.49. The zero-order valence-electron chi connectivity index (χ0n) is 16.7. The van der Waals surface area contributed by atoms with Crippen LogP contribution in [0.3, 0.4) is 0 Å². The normalized spacial score (nSPS) is 19.1. The summed E-state index contributed by atoms with van der Waals surface area (Å²) < 4.78 is 4.91. The summed E-state index contributed by atoms with van der Waals surface area (Å²) in [7, 11) is 3.32. The quantitative estimate of drug-likeness (QED) is 0.332. The second-order valence-electron chi connectivity index (χ2n) is 6.95. The first kappa shape index (κ1) is 21.4. The molecule has 2 amide bonds. The average Bonchev–Trinajstić information content (AvgIpc) is 2.70. The van der Waals surface area contributed by atoms with E-state index in [0.29, 0.717) is 19.7 Å². The monoisotopic (exact) mass is 382 g/mol. The van der Waals surface area contributed by atoms with Gasteiger partial charge in [0.2, 0.25) is 11.8 Å². The van der Waals surface area contributed by atoms with E-state index < -0.39 is 0 Å². The number of aliphatic imine (C=N–C) groups is 1. The predicted molar refractivity (Wildman–Crippen MR) is 105 cm³/mol. The standard InChI is InChI=1S/C18H34N6O3/c1-19-18(21-14-16(25)20-6-13-27-2)24-11-9-22(10-12-24)15-17(26)23-7-4-3-5-8-23/h3-15H2,1-2H3,(H,19,21)(H,20,25). The van der Waals surface area contributed by atoms with Gasteiger partial charge in [0.15, 0.2) is 5.96 Å². The lowest BCUT2D eigenvalue weighted by molar-refractivity contribution is -0.133. The molecule has 2 aliphatic heterocycles. The van der Waals surface area contributed by atoms with Crippen molar-refractivity contribution in [3.63, 3.8) is 0 Å². The largest absolute Gasteiger partial charge is 0.383 e. The fourth-order valence-electron chi connectivity index (χ4n) is 3.40. The molecular weight excluding hydrogens is 348 g/mol. The van der Waals surface area contributed by atoms with Gasteiger partial charge in [-0.15, -0.1) is 0 Å². The molecule has 2 N–H and O–H groups in total. The number of piperidine rings is 1. The van der Waals surface area contributed by atoms with Crippen LogP contribution in [-0.4, -0.2) is 112 Å². The van der Waals surface area contributed by atoms with Crippen LogP contribution in [0.15, 0.2) is 4.99 Å². The first-order valence-corrected chi connectivity index (χ1v) is 9.85. The first-order chi connectivity index (χ1) is 13.1. The molecule has 2 heterocycles. The predicted octanol–water partition coefficient (Wildman–Crippen LogP) is -1.05. The molecule has 0 bridgehead atoms. The summed E-state index contributed by atoms with van der Waals surface area (Å²) in [5.41, 5.74) is 0. The van der Waals surface area contributed by atoms with E-state index in [-0.39, 0.29) is 18.4 Å². The Kier molecular flexibility index (Phi) is 9.34. The Morgan fingerprint density at radius 1 is 0.963 bits per heavy atom. The minimum Gasteiger partial charge on any atom is -0.383 e. The van der Waals surface area contributed by atoms with Gasteiger partial charge < -0.3 is 25.2 Å². The summed E-state index contributed by atoms with van der Waals surface area (Å²) in [5.74, 6) is 0.885. The van der Waals surface area contributed by atoms with Gasteiger partial charge in [-0.3, -0.25) is 19.5 Å². The smallest absolute Gasteiger partial charge is 0.239 e. The number of hydrogen-bond donors (Lipinski definition) is 2. The molecule has 0 unspecified atom stereocenters. The molecule has 2 saturated heterocycles. The van der Waals surface area contributed by atoms with E-state index in [1.165, 1.54) is 6.42 Å². The van der Waals surface area contributed by atoms with Crippen LogP contribution < -0.4 is 10.6 Å². The third kappa shape index (κ3) is 7.34. The lowest BCUT2D eigenvalue weighted by atomic mass is 10.1. The van der Waals surface area contributed by atoms with Crippen LogP contribution in [0.5, 0.6) is 0 Å². The molecule has 27 heavy (non-hydrogen) atoms. The number of guanidine groups is 1. The number of ether oxygens (including phenoxy) is 1. The number of nitrogens with zero attached hydrogens (tertiary/aromatic N) is 4. The van der Waals surface area contributed by atoms with Crippen molar-refractivity contribution in [2.45, 2.75) is 19.3 Å². The number of carbonyl (C=O) groups is 2. The third-order valence-corrected chi connectivity index (χ3v) is 4.99. The second kappa shape index (κ2) is 11.8. The van der Waals surface area contributed by atoms with Gasteiger partial charge in [-0.2, -0.15) is 0 Å². The number of methoxy groups -OCH3 is 1. The summed E-state index contributed by atoms with van der Waals surface area (Å²) in [4.78, 5) is 34.8. The first-order valence-electron chi connectivity index (χ1n) is 9.85. The summed E-state index contributed by atoms with van der Waals surface area (Å²) in [5, 5.41) is 5.88. The second-order valence-corrected chi connectivity index (χ2v) is 6.95. The van der Waals surface area contributed by atoms with Crippen molar-refractivity contribution in [2.24, 2.45) is 4.99 Å². The number of piperazine rings is 1. The number of carbonyl (C=O) groups excluding carboxylic acids is 2. The van der Waals surface area contributed by atoms with Crippen molar-refractivity contribution in [1.82, 2.24) is 25.3 Å². The fourth-order valence-corrected chi connectivity index (χ4v) is 3.40. The van der Waals surface area contributed by atoms with E-state index >= 15 is 0 Å². The van der Waals surface area contributed by atoms with Gasteiger partial charge in [-0.1, -0.05) is 0 Å². The molecule has 2 rings (SSSR count). The van der Waals surface area contributed by atoms with Gasteiger partial charge in [-0.05, 0) is 19.3 Å². The Bertz CT molecular complexity index is 499. The van der Waals surface area contributed by atoms with E-state index in [9.17, 15) is 9.59 Å². The highest BCUT2D eigenvalue weighted by molar-refractivity contribution is 5.86. The van der Waals surface area contributed by atoms with E-state index in [1.807, 2.05) is 4.90 Å². The van der Waals surface area contributed by atoms with Gasteiger partial charge in [0.05, 0.1) is 19.7 Å². The molecule has 154 valence electrons. The van der Waals surface area contributed by atoms with Crippen LogP contribution in [0.1, 0.15) is 19.3 Å². The van der Waals surface area contributed by atoms with Crippen molar-refractivity contribution >= 4 is 17.8 Å². The molecular formula is C18H34N6O3. The van der Waals surface area contributed by atoms with Gasteiger partial charge in [0.1, 0.15) is 0 Å². The zero-order chi connectivity index (χ0) is 19.5. The number of likely N-dealkylation sites (tertiary alicyclic amines) is 1. The van der Waals surface area contributed by atoms with Crippen LogP contribution in [0.4, 0.5) is 0 Å². The van der Waals surface area contributed by atoms with Crippen molar-refractivity contribution in [3.05, 3.63) is 0 Å². The maximum absolute atomic E-state index is 12.4. The van der Waals surface area contributed by atoms with Crippen LogP contribution >= 0.6 is 0 Å². The molecule has 0 radical (unpaired) electrons. The Morgan fingerprint density at radius 3 is 2.30 bits per heavy atom. The van der Waals surface area contributed by atoms with Crippen molar-refractivity contribution in [3.8, 4) is 0 Å². The number of amides is 2. The van der Waals surface area contributed by atoms with E-state index in [2.05, 4.69) is 25.4 Å². The maximum Gasteiger partial charge on any atom is 0.239 e. The summed E-state index contributed by atoms with van der Waals surface area (Å²) in [6.45, 7) is 6.71. The Balaban J connectivity index is 1.68. The van der Waals surface area contributed by atoms with Crippen LogP contribution in [0.25, 0.3) is 0 Å². The maximum atomic E-state index is 12.4. The Hall–Kier alpha value is -1.87. The van der Waals surface area contributed by atoms with Gasteiger partial charge in [0, 0.05) is 60.0 Å². The minimum atomic E-state index is -0.0843. The Morgan fingerprint density at radius 2 is 1.67 bits per heavy atom. The van der Waals surface area contributed by atoms with Crippen LogP contribution in [0.2, 0.25) is 0 Å². The lowest BCUT2D eigenvalue weighted by Gasteiger charge is -2.37. The number of hydrogen-bond acceptors (Lipinski definition) is 5. The molecule has 9 heteroatoms. The third-order valence-electron chi connectivity index (χ3n) is 4.99. The van der Waals surface area contributed by atoms with Crippen molar-refractivity contribution in [1.29, 1.82) is 0 Å². The zero-order valence-corrected chi connectivity index (χ0v) is 16.7. The van der Waals surface area contributed by atoms with Gasteiger partial charge >= 0.3 is 0 Å². The number of rotatable bonds is 7. The SMILES string of the molecule is CN=C(NCC(=O)NCCOC)N1CCN(CC(=O)N2CCCCC2)CC1. The highest BCUT2D eigenvalue weighted by Crippen LogP contribution is 2.10. The molecule has 0 aromatic heterocycles. The molecule has 0 spiro atoms. The van der Waals surface area contributed by atoms with Gasteiger partial charge in [0.25, 0.3) is 0 Å². The van der Waals surface area contributed by atoms with Crippen LogP contribution in [-0.2, 0) is 14.3 Å². The molecule has 0 aromatic rings. The Labute approximate surface area is 162 Å². The molecule has 0 aromatic carbocycles. The summed E-state index contributed by atoms with van der Waals surface area (Å²) >= 11 is 0. The molecule has 9 nitrogen and oxygen atoms in total. The molecule has 0 saturated carbocycles. The molecule has 2 aliphatic rings. The van der Waals surface area contributed by atoms with Gasteiger partial charge in [-0.25, -0.2) is 0 Å². The molecule has 0 aliphatic carbocycles. The van der Waals surface area contributed by atoms with E-state index in [0.717, 1.165) is 58.1 Å². The number of nitrogens with one attached hydrogen (secondary N) is 2. The topological polar surface area (TPSA) is 89.5 Å².